The lowest BCUT2D eigenvalue weighted by atomic mass is 10.1. The van der Waals surface area contributed by atoms with E-state index in [9.17, 15) is 4.79 Å². The summed E-state index contributed by atoms with van der Waals surface area (Å²) >= 11 is 6.02. The van der Waals surface area contributed by atoms with Crippen LogP contribution < -0.4 is 4.90 Å². The molecule has 0 bridgehead atoms. The van der Waals surface area contributed by atoms with Crippen LogP contribution in [0.5, 0.6) is 0 Å². The van der Waals surface area contributed by atoms with Gasteiger partial charge < -0.3 is 10.0 Å². The van der Waals surface area contributed by atoms with Gasteiger partial charge in [0.15, 0.2) is 0 Å². The molecule has 0 saturated carbocycles. The first kappa shape index (κ1) is 13.2. The van der Waals surface area contributed by atoms with Gasteiger partial charge in [0.1, 0.15) is 0 Å². The van der Waals surface area contributed by atoms with Crippen molar-refractivity contribution in [1.29, 1.82) is 0 Å². The Kier molecular flexibility index (Phi) is 4.12. The molecule has 0 aliphatic carbocycles. The molecule has 1 unspecified atom stereocenters. The fourth-order valence-electron chi connectivity index (χ4n) is 2.51. The van der Waals surface area contributed by atoms with Gasteiger partial charge in [-0.05, 0) is 38.0 Å². The zero-order valence-electron chi connectivity index (χ0n) is 10.5. The molecule has 0 amide bonds. The van der Waals surface area contributed by atoms with Crippen LogP contribution in [-0.2, 0) is 0 Å². The second-order valence-corrected chi connectivity index (χ2v) is 5.27. The summed E-state index contributed by atoms with van der Waals surface area (Å²) in [5.41, 5.74) is 1.20. The predicted molar refractivity (Wildman–Crippen MR) is 73.7 cm³/mol. The average Bonchev–Trinajstić information content (AvgIpc) is 2.53. The third-order valence-electron chi connectivity index (χ3n) is 3.57. The van der Waals surface area contributed by atoms with Crippen molar-refractivity contribution in [2.45, 2.75) is 38.6 Å². The van der Waals surface area contributed by atoms with E-state index in [0.717, 1.165) is 12.2 Å². The van der Waals surface area contributed by atoms with Gasteiger partial charge >= 0.3 is 5.97 Å². The maximum Gasteiger partial charge on any atom is 0.337 e. The molecule has 0 spiro atoms. The van der Waals surface area contributed by atoms with Crippen molar-refractivity contribution >= 4 is 23.3 Å². The first-order valence-electron chi connectivity index (χ1n) is 6.39. The van der Waals surface area contributed by atoms with E-state index in [1.807, 2.05) is 6.07 Å². The van der Waals surface area contributed by atoms with Gasteiger partial charge in [-0.25, -0.2) is 4.79 Å². The number of hydrogen-bond donors (Lipinski definition) is 1. The van der Waals surface area contributed by atoms with Crippen LogP contribution in [-0.4, -0.2) is 23.7 Å². The summed E-state index contributed by atoms with van der Waals surface area (Å²) in [7, 11) is 0. The highest BCUT2D eigenvalue weighted by atomic mass is 35.5. The van der Waals surface area contributed by atoms with E-state index in [2.05, 4.69) is 11.8 Å². The molecule has 1 atom stereocenters. The minimum atomic E-state index is -0.976. The summed E-state index contributed by atoms with van der Waals surface area (Å²) in [4.78, 5) is 13.3. The Morgan fingerprint density at radius 2 is 2.17 bits per heavy atom. The zero-order chi connectivity index (χ0) is 13.1. The molecule has 1 aliphatic rings. The van der Waals surface area contributed by atoms with E-state index in [1.165, 1.54) is 25.7 Å². The van der Waals surface area contributed by atoms with E-state index < -0.39 is 5.97 Å². The lowest BCUT2D eigenvalue weighted by Gasteiger charge is -2.29. The van der Waals surface area contributed by atoms with Crippen LogP contribution in [0.15, 0.2) is 18.2 Å². The Hall–Kier alpha value is -1.22. The number of rotatable bonds is 2. The topological polar surface area (TPSA) is 40.5 Å². The zero-order valence-corrected chi connectivity index (χ0v) is 11.3. The van der Waals surface area contributed by atoms with Crippen molar-refractivity contribution in [3.05, 3.63) is 28.8 Å². The fourth-order valence-corrected chi connectivity index (χ4v) is 2.77. The molecule has 1 heterocycles. The lowest BCUT2D eigenvalue weighted by molar-refractivity contribution is 0.0697. The van der Waals surface area contributed by atoms with Crippen LogP contribution in [0.25, 0.3) is 0 Å². The average molecular weight is 268 g/mol. The quantitative estimate of drug-likeness (QED) is 0.886. The van der Waals surface area contributed by atoms with E-state index in [4.69, 9.17) is 16.7 Å². The maximum absolute atomic E-state index is 10.9. The fraction of sp³-hybridized carbons (Fsp3) is 0.500. The van der Waals surface area contributed by atoms with Crippen molar-refractivity contribution in [3.63, 3.8) is 0 Å². The normalized spacial score (nSPS) is 20.6. The minimum absolute atomic E-state index is 0.169. The van der Waals surface area contributed by atoms with Crippen LogP contribution in [0, 0.1) is 0 Å². The Morgan fingerprint density at radius 3 is 2.83 bits per heavy atom. The molecule has 98 valence electrons. The number of halogens is 1. The summed E-state index contributed by atoms with van der Waals surface area (Å²) in [6.07, 6.45) is 4.89. The molecule has 3 nitrogen and oxygen atoms in total. The third kappa shape index (κ3) is 2.78. The molecule has 1 fully saturated rings. The summed E-state index contributed by atoms with van der Waals surface area (Å²) in [5, 5.41) is 9.28. The van der Waals surface area contributed by atoms with E-state index in [-0.39, 0.29) is 5.56 Å². The molecular weight excluding hydrogens is 250 g/mol. The van der Waals surface area contributed by atoms with Crippen LogP contribution in [0.4, 0.5) is 5.69 Å². The van der Waals surface area contributed by atoms with Crippen molar-refractivity contribution in [2.75, 3.05) is 11.4 Å². The first-order chi connectivity index (χ1) is 8.59. The number of anilines is 1. The van der Waals surface area contributed by atoms with Crippen LogP contribution in [0.1, 0.15) is 43.0 Å². The summed E-state index contributed by atoms with van der Waals surface area (Å²) in [6.45, 7) is 3.23. The first-order valence-corrected chi connectivity index (χ1v) is 6.77. The largest absolute Gasteiger partial charge is 0.478 e. The Bertz CT molecular complexity index is 447. The Balaban J connectivity index is 2.27. The highest BCUT2D eigenvalue weighted by molar-refractivity contribution is 6.33. The standard InChI is InChI=1S/C14H18ClNO2/c1-10-5-3-2-4-8-16(10)11-6-7-12(14(17)18)13(15)9-11/h6-7,9-10H,2-5,8H2,1H3,(H,17,18). The van der Waals surface area contributed by atoms with Crippen molar-refractivity contribution < 1.29 is 9.90 Å². The van der Waals surface area contributed by atoms with Crippen LogP contribution in [0.3, 0.4) is 0 Å². The van der Waals surface area contributed by atoms with Crippen molar-refractivity contribution in [1.82, 2.24) is 0 Å². The number of aromatic carboxylic acids is 1. The highest BCUT2D eigenvalue weighted by Crippen LogP contribution is 2.28. The summed E-state index contributed by atoms with van der Waals surface area (Å²) in [5.74, 6) is -0.976. The highest BCUT2D eigenvalue weighted by Gasteiger charge is 2.18. The van der Waals surface area contributed by atoms with Crippen LogP contribution >= 0.6 is 11.6 Å². The van der Waals surface area contributed by atoms with Gasteiger partial charge in [0, 0.05) is 18.3 Å². The van der Waals surface area contributed by atoms with Crippen molar-refractivity contribution in [2.24, 2.45) is 0 Å². The van der Waals surface area contributed by atoms with Gasteiger partial charge in [0.2, 0.25) is 0 Å². The molecule has 18 heavy (non-hydrogen) atoms. The van der Waals surface area contributed by atoms with E-state index in [0.29, 0.717) is 11.1 Å². The van der Waals surface area contributed by atoms with Gasteiger partial charge in [0.05, 0.1) is 10.6 Å². The number of carbonyl (C=O) groups is 1. The Morgan fingerprint density at radius 1 is 1.39 bits per heavy atom. The third-order valence-corrected chi connectivity index (χ3v) is 3.88. The predicted octanol–water partition coefficient (Wildman–Crippen LogP) is 3.81. The van der Waals surface area contributed by atoms with E-state index >= 15 is 0 Å². The second kappa shape index (κ2) is 5.61. The van der Waals surface area contributed by atoms with Crippen molar-refractivity contribution in [3.8, 4) is 0 Å². The summed E-state index contributed by atoms with van der Waals surface area (Å²) in [6, 6.07) is 5.71. The molecule has 1 aliphatic heterocycles. The van der Waals surface area contributed by atoms with Gasteiger partial charge in [-0.15, -0.1) is 0 Å². The lowest BCUT2D eigenvalue weighted by Crippen LogP contribution is -2.32. The Labute approximate surface area is 112 Å². The molecular formula is C14H18ClNO2. The molecule has 1 saturated heterocycles. The number of carboxylic acid groups (broad SMARTS) is 1. The maximum atomic E-state index is 10.9. The smallest absolute Gasteiger partial charge is 0.337 e. The minimum Gasteiger partial charge on any atom is -0.478 e. The molecule has 1 aromatic carbocycles. The molecule has 2 rings (SSSR count). The molecule has 1 N–H and O–H groups in total. The number of nitrogens with zero attached hydrogens (tertiary/aromatic N) is 1. The molecule has 4 heteroatoms. The number of carboxylic acids is 1. The molecule has 0 radical (unpaired) electrons. The molecule has 0 aromatic heterocycles. The number of hydrogen-bond acceptors (Lipinski definition) is 2. The van der Waals surface area contributed by atoms with E-state index in [1.54, 1.807) is 12.1 Å². The van der Waals surface area contributed by atoms with Gasteiger partial charge in [-0.1, -0.05) is 24.4 Å². The number of benzene rings is 1. The van der Waals surface area contributed by atoms with Gasteiger partial charge in [0.25, 0.3) is 0 Å². The monoisotopic (exact) mass is 267 g/mol. The van der Waals surface area contributed by atoms with Crippen LogP contribution in [0.2, 0.25) is 5.02 Å². The second-order valence-electron chi connectivity index (χ2n) is 4.86. The SMILES string of the molecule is CC1CCCCCN1c1ccc(C(=O)O)c(Cl)c1. The van der Waals surface area contributed by atoms with Gasteiger partial charge in [-0.3, -0.25) is 0 Å². The molecule has 1 aromatic rings. The van der Waals surface area contributed by atoms with Gasteiger partial charge in [-0.2, -0.15) is 0 Å². The summed E-state index contributed by atoms with van der Waals surface area (Å²) < 4.78 is 0.